The van der Waals surface area contributed by atoms with Gasteiger partial charge in [0.05, 0.1) is 12.0 Å². The van der Waals surface area contributed by atoms with Crippen LogP contribution >= 0.6 is 0 Å². The molecule has 0 atom stereocenters. The highest BCUT2D eigenvalue weighted by molar-refractivity contribution is 5.98. The Kier molecular flexibility index (Phi) is 4.27. The lowest BCUT2D eigenvalue weighted by Gasteiger charge is -2.05. The molecule has 0 unspecified atom stereocenters. The number of carbonyl (C=O) groups excluding carboxylic acids is 1. The van der Waals surface area contributed by atoms with E-state index in [0.29, 0.717) is 5.56 Å². The normalized spacial score (nSPS) is 10.2. The zero-order chi connectivity index (χ0) is 15.4. The molecule has 2 rings (SSSR count). The number of halogens is 1. The third kappa shape index (κ3) is 3.42. The average molecular weight is 289 g/mol. The van der Waals surface area contributed by atoms with Gasteiger partial charge in [-0.05, 0) is 29.8 Å². The van der Waals surface area contributed by atoms with Crippen LogP contribution in [0, 0.1) is 15.9 Å². The summed E-state index contributed by atoms with van der Waals surface area (Å²) in [6.45, 7) is 0. The molecule has 0 radical (unpaired) electrons. The number of ketones is 1. The summed E-state index contributed by atoms with van der Waals surface area (Å²) in [5, 5.41) is 10.9. The van der Waals surface area contributed by atoms with Crippen LogP contribution in [0.4, 0.5) is 10.1 Å². The van der Waals surface area contributed by atoms with Gasteiger partial charge in [0.15, 0.2) is 11.5 Å². The molecule has 0 aliphatic carbocycles. The van der Waals surface area contributed by atoms with E-state index in [9.17, 15) is 19.3 Å². The van der Waals surface area contributed by atoms with Crippen molar-refractivity contribution >= 4 is 11.5 Å². The van der Waals surface area contributed by atoms with Gasteiger partial charge in [-0.3, -0.25) is 14.9 Å². The molecule has 21 heavy (non-hydrogen) atoms. The summed E-state index contributed by atoms with van der Waals surface area (Å²) in [4.78, 5) is 22.4. The predicted octanol–water partition coefficient (Wildman–Crippen LogP) is 3.17. The number of ether oxygens (including phenoxy) is 1. The largest absolute Gasteiger partial charge is 0.490 e. The van der Waals surface area contributed by atoms with Gasteiger partial charge in [-0.25, -0.2) is 4.39 Å². The zero-order valence-electron chi connectivity index (χ0n) is 11.2. The molecule has 0 bridgehead atoms. The average Bonchev–Trinajstić information content (AvgIpc) is 2.46. The van der Waals surface area contributed by atoms with Crippen molar-refractivity contribution in [3.63, 3.8) is 0 Å². The van der Waals surface area contributed by atoms with Gasteiger partial charge < -0.3 is 4.74 Å². The van der Waals surface area contributed by atoms with Crippen LogP contribution in [0.1, 0.15) is 15.9 Å². The van der Waals surface area contributed by atoms with E-state index in [-0.39, 0.29) is 29.2 Å². The summed E-state index contributed by atoms with van der Waals surface area (Å²) in [6.07, 6.45) is -0.0265. The van der Waals surface area contributed by atoms with Gasteiger partial charge in [0.2, 0.25) is 0 Å². The minimum Gasteiger partial charge on any atom is -0.490 e. The lowest BCUT2D eigenvalue weighted by Crippen LogP contribution is -2.05. The Labute approximate surface area is 120 Å². The van der Waals surface area contributed by atoms with Crippen molar-refractivity contribution in [1.82, 2.24) is 0 Å². The fourth-order valence-corrected chi connectivity index (χ4v) is 1.94. The maximum Gasteiger partial charge on any atom is 0.311 e. The topological polar surface area (TPSA) is 69.4 Å². The molecule has 0 fully saturated rings. The van der Waals surface area contributed by atoms with Crippen molar-refractivity contribution in [1.29, 1.82) is 0 Å². The molecule has 0 spiro atoms. The van der Waals surface area contributed by atoms with Gasteiger partial charge in [-0.1, -0.05) is 12.1 Å². The number of hydrogen-bond donors (Lipinski definition) is 0. The maximum atomic E-state index is 13.1. The Balaban J connectivity index is 2.27. The Hall–Kier alpha value is -2.76. The molecule has 0 N–H and O–H groups in total. The number of carbonyl (C=O) groups is 1. The summed E-state index contributed by atoms with van der Waals surface area (Å²) in [5.74, 6) is -0.672. The Morgan fingerprint density at radius 1 is 1.29 bits per heavy atom. The van der Waals surface area contributed by atoms with Gasteiger partial charge in [0, 0.05) is 18.1 Å². The summed E-state index contributed by atoms with van der Waals surface area (Å²) < 4.78 is 17.9. The number of rotatable bonds is 5. The Morgan fingerprint density at radius 3 is 2.67 bits per heavy atom. The van der Waals surface area contributed by atoms with Crippen LogP contribution in [0.25, 0.3) is 0 Å². The quantitative estimate of drug-likeness (QED) is 0.481. The number of nitro groups is 1. The zero-order valence-corrected chi connectivity index (χ0v) is 11.2. The molecule has 0 aliphatic rings. The SMILES string of the molecule is COc1ccc(C(=O)Cc2cccc(F)c2)cc1[N+](=O)[O-]. The highest BCUT2D eigenvalue weighted by Gasteiger charge is 2.18. The van der Waals surface area contributed by atoms with Crippen LogP contribution in [0.5, 0.6) is 5.75 Å². The highest BCUT2D eigenvalue weighted by Crippen LogP contribution is 2.28. The molecular formula is C15H12FNO4. The number of Topliss-reactive ketones (excluding diaryl/α,β-unsaturated/α-hetero) is 1. The van der Waals surface area contributed by atoms with Crippen molar-refractivity contribution in [3.05, 3.63) is 69.5 Å². The number of nitro benzene ring substituents is 1. The van der Waals surface area contributed by atoms with Crippen molar-refractivity contribution in [2.75, 3.05) is 7.11 Å². The van der Waals surface area contributed by atoms with E-state index < -0.39 is 10.7 Å². The van der Waals surface area contributed by atoms with E-state index in [0.717, 1.165) is 0 Å². The molecule has 0 heterocycles. The standard InChI is InChI=1S/C15H12FNO4/c1-21-15-6-5-11(9-13(15)17(19)20)14(18)8-10-3-2-4-12(16)7-10/h2-7,9H,8H2,1H3. The fraction of sp³-hybridized carbons (Fsp3) is 0.133. The molecule has 0 aliphatic heterocycles. The molecule has 6 heteroatoms. The van der Waals surface area contributed by atoms with Crippen LogP contribution in [0.15, 0.2) is 42.5 Å². The molecule has 2 aromatic carbocycles. The van der Waals surface area contributed by atoms with Gasteiger partial charge in [0.25, 0.3) is 0 Å². The van der Waals surface area contributed by atoms with Crippen molar-refractivity contribution < 1.29 is 18.8 Å². The van der Waals surface area contributed by atoms with Gasteiger partial charge in [-0.15, -0.1) is 0 Å². The third-order valence-electron chi connectivity index (χ3n) is 2.95. The predicted molar refractivity (Wildman–Crippen MR) is 74.1 cm³/mol. The first-order valence-corrected chi connectivity index (χ1v) is 6.11. The second-order valence-corrected chi connectivity index (χ2v) is 4.37. The van der Waals surface area contributed by atoms with Gasteiger partial charge >= 0.3 is 5.69 Å². The van der Waals surface area contributed by atoms with Gasteiger partial charge in [-0.2, -0.15) is 0 Å². The first-order chi connectivity index (χ1) is 10.0. The fourth-order valence-electron chi connectivity index (χ4n) is 1.94. The third-order valence-corrected chi connectivity index (χ3v) is 2.95. The van der Waals surface area contributed by atoms with Crippen LogP contribution in [-0.2, 0) is 6.42 Å². The number of methoxy groups -OCH3 is 1. The van der Waals surface area contributed by atoms with E-state index in [2.05, 4.69) is 0 Å². The Bertz CT molecular complexity index is 700. The number of nitrogens with zero attached hydrogens (tertiary/aromatic N) is 1. The smallest absolute Gasteiger partial charge is 0.311 e. The molecule has 108 valence electrons. The summed E-state index contributed by atoms with van der Waals surface area (Å²) >= 11 is 0. The molecular weight excluding hydrogens is 277 g/mol. The van der Waals surface area contributed by atoms with E-state index in [1.807, 2.05) is 0 Å². The van der Waals surface area contributed by atoms with Crippen LogP contribution < -0.4 is 4.74 Å². The second kappa shape index (κ2) is 6.13. The number of hydrogen-bond acceptors (Lipinski definition) is 4. The Morgan fingerprint density at radius 2 is 2.05 bits per heavy atom. The van der Waals surface area contributed by atoms with Gasteiger partial charge in [0.1, 0.15) is 5.82 Å². The van der Waals surface area contributed by atoms with Crippen LogP contribution in [0.2, 0.25) is 0 Å². The summed E-state index contributed by atoms with van der Waals surface area (Å²) in [6, 6.07) is 9.67. The van der Waals surface area contributed by atoms with Crippen molar-refractivity contribution in [2.45, 2.75) is 6.42 Å². The first-order valence-electron chi connectivity index (χ1n) is 6.11. The highest BCUT2D eigenvalue weighted by atomic mass is 19.1. The monoisotopic (exact) mass is 289 g/mol. The lowest BCUT2D eigenvalue weighted by molar-refractivity contribution is -0.385. The van der Waals surface area contributed by atoms with Crippen molar-refractivity contribution in [3.8, 4) is 5.75 Å². The van der Waals surface area contributed by atoms with Crippen molar-refractivity contribution in [2.24, 2.45) is 0 Å². The van der Waals surface area contributed by atoms with E-state index in [4.69, 9.17) is 4.74 Å². The first kappa shape index (κ1) is 14.6. The molecule has 0 saturated carbocycles. The number of benzene rings is 2. The maximum absolute atomic E-state index is 13.1. The lowest BCUT2D eigenvalue weighted by atomic mass is 10.0. The van der Waals surface area contributed by atoms with E-state index >= 15 is 0 Å². The van der Waals surface area contributed by atoms with Crippen LogP contribution in [0.3, 0.4) is 0 Å². The minimum absolute atomic E-state index is 0.0265. The van der Waals surface area contributed by atoms with E-state index in [1.54, 1.807) is 6.07 Å². The molecule has 0 aromatic heterocycles. The molecule has 5 nitrogen and oxygen atoms in total. The van der Waals surface area contributed by atoms with E-state index in [1.165, 1.54) is 43.5 Å². The second-order valence-electron chi connectivity index (χ2n) is 4.37. The summed E-state index contributed by atoms with van der Waals surface area (Å²) in [7, 11) is 1.32. The summed E-state index contributed by atoms with van der Waals surface area (Å²) in [5.41, 5.74) is 0.424. The molecule has 2 aromatic rings. The minimum atomic E-state index is -0.613. The molecule has 0 amide bonds. The van der Waals surface area contributed by atoms with Crippen LogP contribution in [-0.4, -0.2) is 17.8 Å². The molecule has 0 saturated heterocycles.